The first kappa shape index (κ1) is 19.0. The van der Waals surface area contributed by atoms with Gasteiger partial charge in [0.15, 0.2) is 0 Å². The van der Waals surface area contributed by atoms with Crippen molar-refractivity contribution in [3.8, 4) is 0 Å². The fourth-order valence-electron chi connectivity index (χ4n) is 4.36. The van der Waals surface area contributed by atoms with E-state index in [-0.39, 0.29) is 17.6 Å². The van der Waals surface area contributed by atoms with Gasteiger partial charge in [0, 0.05) is 38.4 Å². The number of nitrogens with zero attached hydrogens (tertiary/aromatic N) is 5. The van der Waals surface area contributed by atoms with Crippen molar-refractivity contribution in [1.29, 1.82) is 0 Å². The molecular formula is C20H30N6O2. The van der Waals surface area contributed by atoms with Crippen LogP contribution in [0.15, 0.2) is 29.7 Å². The zero-order valence-corrected chi connectivity index (χ0v) is 16.8. The van der Waals surface area contributed by atoms with E-state index in [0.29, 0.717) is 6.04 Å². The molecule has 1 aromatic rings. The Kier molecular flexibility index (Phi) is 5.39. The van der Waals surface area contributed by atoms with Crippen LogP contribution in [0.4, 0.5) is 5.69 Å². The monoisotopic (exact) mass is 386 g/mol. The number of rotatable bonds is 6. The van der Waals surface area contributed by atoms with E-state index in [4.69, 9.17) is 4.74 Å². The van der Waals surface area contributed by atoms with Crippen LogP contribution in [0.5, 0.6) is 0 Å². The van der Waals surface area contributed by atoms with E-state index < -0.39 is 0 Å². The molecule has 0 aliphatic carbocycles. The molecule has 3 aliphatic rings. The summed E-state index contributed by atoms with van der Waals surface area (Å²) < 4.78 is 7.45. The lowest BCUT2D eigenvalue weighted by atomic mass is 9.81. The molecule has 1 amide bonds. The molecule has 152 valence electrons. The predicted octanol–water partition coefficient (Wildman–Crippen LogP) is 2.78. The van der Waals surface area contributed by atoms with Crippen molar-refractivity contribution in [2.45, 2.75) is 58.3 Å². The topological polar surface area (TPSA) is 75.0 Å². The first-order chi connectivity index (χ1) is 13.7. The number of aromatic nitrogens is 2. The third-order valence-corrected chi connectivity index (χ3v) is 6.39. The largest absolute Gasteiger partial charge is 0.381 e. The maximum absolute atomic E-state index is 13.1. The summed E-state index contributed by atoms with van der Waals surface area (Å²) >= 11 is 0. The highest BCUT2D eigenvalue weighted by Crippen LogP contribution is 2.39. The van der Waals surface area contributed by atoms with Crippen molar-refractivity contribution in [3.05, 3.63) is 24.7 Å². The molecule has 0 spiro atoms. The Balaban J connectivity index is 1.47. The van der Waals surface area contributed by atoms with Gasteiger partial charge in [-0.15, -0.1) is 0 Å². The van der Waals surface area contributed by atoms with E-state index in [2.05, 4.69) is 29.3 Å². The van der Waals surface area contributed by atoms with E-state index in [0.717, 1.165) is 57.6 Å². The summed E-state index contributed by atoms with van der Waals surface area (Å²) in [4.78, 5) is 17.7. The molecule has 28 heavy (non-hydrogen) atoms. The van der Waals surface area contributed by atoms with Gasteiger partial charge in [0.05, 0.1) is 23.3 Å². The van der Waals surface area contributed by atoms with Crippen LogP contribution in [-0.4, -0.2) is 58.0 Å². The first-order valence-corrected chi connectivity index (χ1v) is 10.4. The number of anilines is 1. The molecule has 3 aliphatic heterocycles. The SMILES string of the molecule is CCC1(CC)CCN(N2C=CC=NC2Nc2cnn(C3CCOCC3)c2)C1=O. The molecule has 0 aromatic carbocycles. The van der Waals surface area contributed by atoms with Crippen molar-refractivity contribution >= 4 is 17.8 Å². The Morgan fingerprint density at radius 2 is 2.07 bits per heavy atom. The van der Waals surface area contributed by atoms with Crippen LogP contribution in [0.3, 0.4) is 0 Å². The minimum atomic E-state index is -0.356. The van der Waals surface area contributed by atoms with Crippen LogP contribution in [0.1, 0.15) is 52.0 Å². The van der Waals surface area contributed by atoms with Gasteiger partial charge in [-0.25, -0.2) is 10.0 Å². The fourth-order valence-corrected chi connectivity index (χ4v) is 4.36. The molecule has 2 saturated heterocycles. The van der Waals surface area contributed by atoms with Crippen molar-refractivity contribution in [2.75, 3.05) is 25.1 Å². The highest BCUT2D eigenvalue weighted by molar-refractivity contribution is 5.84. The number of ether oxygens (including phenoxy) is 1. The van der Waals surface area contributed by atoms with Crippen LogP contribution in [-0.2, 0) is 9.53 Å². The second kappa shape index (κ2) is 7.95. The van der Waals surface area contributed by atoms with Crippen molar-refractivity contribution < 1.29 is 9.53 Å². The van der Waals surface area contributed by atoms with Gasteiger partial charge in [0.2, 0.25) is 12.2 Å². The Labute approximate surface area is 166 Å². The second-order valence-electron chi connectivity index (χ2n) is 7.76. The summed E-state index contributed by atoms with van der Waals surface area (Å²) in [6.45, 7) is 6.50. The number of carbonyl (C=O) groups is 1. The second-order valence-corrected chi connectivity index (χ2v) is 7.76. The molecule has 0 bridgehead atoms. The van der Waals surface area contributed by atoms with Gasteiger partial charge in [-0.1, -0.05) is 13.8 Å². The predicted molar refractivity (Wildman–Crippen MR) is 108 cm³/mol. The van der Waals surface area contributed by atoms with Gasteiger partial charge in [-0.05, 0) is 38.2 Å². The third kappa shape index (κ3) is 3.41. The van der Waals surface area contributed by atoms with Crippen LogP contribution < -0.4 is 5.32 Å². The molecule has 1 N–H and O–H groups in total. The average molecular weight is 387 g/mol. The zero-order chi connectivity index (χ0) is 19.6. The van der Waals surface area contributed by atoms with E-state index in [9.17, 15) is 4.79 Å². The van der Waals surface area contributed by atoms with Crippen molar-refractivity contribution in [2.24, 2.45) is 10.4 Å². The van der Waals surface area contributed by atoms with Crippen LogP contribution >= 0.6 is 0 Å². The van der Waals surface area contributed by atoms with Gasteiger partial charge in [0.25, 0.3) is 0 Å². The fraction of sp³-hybridized carbons (Fsp3) is 0.650. The average Bonchev–Trinajstić information content (AvgIpc) is 3.34. The Hall–Kier alpha value is -2.35. The maximum atomic E-state index is 13.1. The molecule has 8 heteroatoms. The lowest BCUT2D eigenvalue weighted by Crippen LogP contribution is -2.51. The number of aliphatic imine (C=N–C) groups is 1. The molecule has 0 radical (unpaired) electrons. The van der Waals surface area contributed by atoms with Gasteiger partial charge in [-0.2, -0.15) is 5.10 Å². The van der Waals surface area contributed by atoms with E-state index in [1.165, 1.54) is 0 Å². The van der Waals surface area contributed by atoms with Crippen molar-refractivity contribution in [1.82, 2.24) is 19.8 Å². The minimum Gasteiger partial charge on any atom is -0.381 e. The van der Waals surface area contributed by atoms with Gasteiger partial charge in [0.1, 0.15) is 0 Å². The number of hydrogen-bond acceptors (Lipinski definition) is 6. The minimum absolute atomic E-state index is 0.198. The molecule has 4 heterocycles. The number of hydrogen-bond donors (Lipinski definition) is 1. The van der Waals surface area contributed by atoms with E-state index >= 15 is 0 Å². The highest BCUT2D eigenvalue weighted by Gasteiger charge is 2.46. The van der Waals surface area contributed by atoms with E-state index in [1.807, 2.05) is 39.4 Å². The Morgan fingerprint density at radius 3 is 2.79 bits per heavy atom. The summed E-state index contributed by atoms with van der Waals surface area (Å²) in [5.74, 6) is 0.198. The van der Waals surface area contributed by atoms with Crippen LogP contribution in [0.2, 0.25) is 0 Å². The quantitative estimate of drug-likeness (QED) is 0.814. The molecule has 1 atom stereocenters. The number of carbonyl (C=O) groups excluding carboxylic acids is 1. The van der Waals surface area contributed by atoms with Crippen LogP contribution in [0, 0.1) is 5.41 Å². The molecule has 8 nitrogen and oxygen atoms in total. The number of amides is 1. The molecule has 1 aromatic heterocycles. The Morgan fingerprint density at radius 1 is 1.29 bits per heavy atom. The lowest BCUT2D eigenvalue weighted by molar-refractivity contribution is -0.149. The third-order valence-electron chi connectivity index (χ3n) is 6.39. The highest BCUT2D eigenvalue weighted by atomic mass is 16.5. The summed E-state index contributed by atoms with van der Waals surface area (Å²) in [6, 6.07) is 0.380. The normalized spacial score (nSPS) is 24.9. The number of allylic oxidation sites excluding steroid dienone is 1. The summed E-state index contributed by atoms with van der Waals surface area (Å²) in [5, 5.41) is 11.7. The van der Waals surface area contributed by atoms with E-state index in [1.54, 1.807) is 6.21 Å². The standard InChI is InChI=1S/C20H30N6O2/c1-3-20(4-2)8-11-25(18(20)27)26-10-5-9-21-19(26)23-16-14-22-24(15-16)17-6-12-28-13-7-17/h5,9-10,14-15,17,19,23H,3-4,6-8,11-13H2,1-2H3. The summed E-state index contributed by atoms with van der Waals surface area (Å²) in [7, 11) is 0. The summed E-state index contributed by atoms with van der Waals surface area (Å²) in [6.07, 6.45) is 13.7. The lowest BCUT2D eigenvalue weighted by Gasteiger charge is -2.38. The first-order valence-electron chi connectivity index (χ1n) is 10.4. The van der Waals surface area contributed by atoms with Crippen LogP contribution in [0.25, 0.3) is 0 Å². The molecule has 1 unspecified atom stereocenters. The molecule has 4 rings (SSSR count). The molecule has 2 fully saturated rings. The van der Waals surface area contributed by atoms with Gasteiger partial charge in [-0.3, -0.25) is 14.5 Å². The zero-order valence-electron chi connectivity index (χ0n) is 16.8. The van der Waals surface area contributed by atoms with Gasteiger partial charge < -0.3 is 10.1 Å². The molecule has 0 saturated carbocycles. The van der Waals surface area contributed by atoms with Gasteiger partial charge >= 0.3 is 0 Å². The molecular weight excluding hydrogens is 356 g/mol. The maximum Gasteiger partial charge on any atom is 0.247 e. The summed E-state index contributed by atoms with van der Waals surface area (Å²) in [5.41, 5.74) is 0.658. The smallest absolute Gasteiger partial charge is 0.247 e. The number of nitrogens with one attached hydrogen (secondary N) is 1. The van der Waals surface area contributed by atoms with Crippen molar-refractivity contribution in [3.63, 3.8) is 0 Å². The number of hydrazine groups is 1. The Bertz CT molecular complexity index is 748.